The maximum Gasteiger partial charge on any atom is 0.330 e. The highest BCUT2D eigenvalue weighted by atomic mass is 16.7. The first kappa shape index (κ1) is 32.9. The van der Waals surface area contributed by atoms with Gasteiger partial charge in [0.2, 0.25) is 0 Å². The minimum absolute atomic E-state index is 0.125. The summed E-state index contributed by atoms with van der Waals surface area (Å²) in [5.41, 5.74) is -0.184. The Morgan fingerprint density at radius 2 is 1.37 bits per heavy atom. The van der Waals surface area contributed by atoms with Crippen molar-refractivity contribution in [1.29, 1.82) is 0 Å². The summed E-state index contributed by atoms with van der Waals surface area (Å²) in [6.45, 7) is 22.7. The lowest BCUT2D eigenvalue weighted by Gasteiger charge is -2.34. The summed E-state index contributed by atoms with van der Waals surface area (Å²) in [7, 11) is 0. The smallest absolute Gasteiger partial charge is 0.330 e. The van der Waals surface area contributed by atoms with Crippen LogP contribution in [0.1, 0.15) is 34.1 Å². The molecule has 0 unspecified atom stereocenters. The molecule has 160 valence electrons. The second-order valence-electron chi connectivity index (χ2n) is 5.15. The number of carbonyl (C=O) groups is 1. The summed E-state index contributed by atoms with van der Waals surface area (Å²) < 4.78 is 15.4. The molecular formula is C21H40O6. The van der Waals surface area contributed by atoms with E-state index in [1.807, 2.05) is 27.7 Å². The lowest BCUT2D eigenvalue weighted by atomic mass is 9.87. The van der Waals surface area contributed by atoms with Gasteiger partial charge in [0, 0.05) is 6.08 Å². The molecule has 1 saturated heterocycles. The minimum atomic E-state index is -0.400. The number of carbonyl (C=O) groups excluding carboxylic acids is 1. The number of rotatable bonds is 5. The van der Waals surface area contributed by atoms with Crippen LogP contribution in [0.3, 0.4) is 0 Å². The number of ether oxygens (including phenoxy) is 3. The fourth-order valence-electron chi connectivity index (χ4n) is 1.29. The van der Waals surface area contributed by atoms with Crippen molar-refractivity contribution >= 4 is 5.97 Å². The van der Waals surface area contributed by atoms with E-state index in [0.29, 0.717) is 26.6 Å². The van der Waals surface area contributed by atoms with Crippen LogP contribution >= 0.6 is 0 Å². The molecule has 0 aromatic carbocycles. The van der Waals surface area contributed by atoms with E-state index in [4.69, 9.17) is 24.4 Å². The Bertz CT molecular complexity index is 330. The Balaban J connectivity index is -0.000000168. The highest BCUT2D eigenvalue weighted by Crippen LogP contribution is 2.26. The third-order valence-electron chi connectivity index (χ3n) is 2.52. The number of hydrogen-bond donors (Lipinski definition) is 2. The third-order valence-corrected chi connectivity index (χ3v) is 2.52. The maximum absolute atomic E-state index is 10.9. The average molecular weight is 389 g/mol. The molecule has 0 aliphatic carbocycles. The number of aliphatic hydroxyl groups is 2. The van der Waals surface area contributed by atoms with Crippen molar-refractivity contribution in [2.45, 2.75) is 34.1 Å². The summed E-state index contributed by atoms with van der Waals surface area (Å²) in [4.78, 5) is 10.9. The first-order valence-corrected chi connectivity index (χ1v) is 8.76. The normalized spacial score (nSPS) is 13.0. The van der Waals surface area contributed by atoms with Crippen molar-refractivity contribution in [1.82, 2.24) is 0 Å². The quantitative estimate of drug-likeness (QED) is 0.425. The van der Waals surface area contributed by atoms with E-state index in [9.17, 15) is 4.79 Å². The molecule has 1 heterocycles. The molecule has 0 radical (unpaired) electrons. The molecule has 0 saturated carbocycles. The number of allylic oxidation sites excluding steroid dienone is 3. The zero-order valence-electron chi connectivity index (χ0n) is 17.6. The molecule has 0 amide bonds. The topological polar surface area (TPSA) is 85.2 Å². The van der Waals surface area contributed by atoms with Crippen LogP contribution in [0.5, 0.6) is 0 Å². The molecule has 0 bridgehead atoms. The van der Waals surface area contributed by atoms with E-state index in [-0.39, 0.29) is 18.6 Å². The van der Waals surface area contributed by atoms with Gasteiger partial charge in [0.25, 0.3) is 0 Å². The van der Waals surface area contributed by atoms with Gasteiger partial charge in [-0.2, -0.15) is 0 Å². The molecule has 0 atom stereocenters. The standard InChI is InChI=1S/C10H16O4.3C3H6.C2H6O2/c1-3-9(11)14-7-10(4-2)5-12-8-13-6-10;3*1-3-2;3-1-2-4/h3H,1,4-8H2,2H3;3*3H,1H2,2H3;3-4H,1-2H2. The fourth-order valence-corrected chi connectivity index (χ4v) is 1.29. The van der Waals surface area contributed by atoms with Gasteiger partial charge in [0.05, 0.1) is 31.8 Å². The van der Waals surface area contributed by atoms with Gasteiger partial charge >= 0.3 is 5.97 Å². The summed E-state index contributed by atoms with van der Waals surface area (Å²) in [5, 5.41) is 15.2. The van der Waals surface area contributed by atoms with Crippen LogP contribution < -0.4 is 0 Å². The lowest BCUT2D eigenvalue weighted by molar-refractivity contribution is -0.185. The van der Waals surface area contributed by atoms with E-state index in [0.717, 1.165) is 12.5 Å². The minimum Gasteiger partial charge on any atom is -0.462 e. The van der Waals surface area contributed by atoms with Crippen LogP contribution in [-0.4, -0.2) is 56.0 Å². The van der Waals surface area contributed by atoms with Gasteiger partial charge in [0.15, 0.2) is 0 Å². The van der Waals surface area contributed by atoms with Crippen molar-refractivity contribution in [3.05, 3.63) is 50.6 Å². The summed E-state index contributed by atoms with van der Waals surface area (Å²) in [5.74, 6) is -0.400. The predicted molar refractivity (Wildman–Crippen MR) is 112 cm³/mol. The fraction of sp³-hybridized carbons (Fsp3) is 0.571. The van der Waals surface area contributed by atoms with Crippen molar-refractivity contribution in [2.75, 3.05) is 39.8 Å². The molecule has 1 rings (SSSR count). The zero-order chi connectivity index (χ0) is 22.0. The highest BCUT2D eigenvalue weighted by Gasteiger charge is 2.33. The van der Waals surface area contributed by atoms with Crippen LogP contribution in [0, 0.1) is 5.41 Å². The van der Waals surface area contributed by atoms with Gasteiger partial charge in [-0.3, -0.25) is 0 Å². The Labute approximate surface area is 165 Å². The summed E-state index contributed by atoms with van der Waals surface area (Å²) in [6.07, 6.45) is 7.27. The molecule has 1 aliphatic heterocycles. The summed E-state index contributed by atoms with van der Waals surface area (Å²) in [6, 6.07) is 0. The molecule has 2 N–H and O–H groups in total. The van der Waals surface area contributed by atoms with E-state index in [2.05, 4.69) is 26.3 Å². The Hall–Kier alpha value is -1.73. The van der Waals surface area contributed by atoms with Gasteiger partial charge in [-0.25, -0.2) is 4.79 Å². The average Bonchev–Trinajstić information content (AvgIpc) is 2.69. The number of hydrogen-bond acceptors (Lipinski definition) is 6. The van der Waals surface area contributed by atoms with Gasteiger partial charge in [-0.1, -0.05) is 31.7 Å². The van der Waals surface area contributed by atoms with Crippen LogP contribution in [0.15, 0.2) is 50.6 Å². The number of aliphatic hydroxyl groups excluding tert-OH is 2. The Kier molecular flexibility index (Phi) is 35.4. The predicted octanol–water partition coefficient (Wildman–Crippen LogP) is 3.66. The maximum atomic E-state index is 10.9. The van der Waals surface area contributed by atoms with E-state index < -0.39 is 5.97 Å². The molecule has 0 aromatic heterocycles. The third kappa shape index (κ3) is 29.3. The van der Waals surface area contributed by atoms with Crippen LogP contribution in [0.25, 0.3) is 0 Å². The van der Waals surface area contributed by atoms with Crippen molar-refractivity contribution in [3.8, 4) is 0 Å². The molecular weight excluding hydrogens is 348 g/mol. The second kappa shape index (κ2) is 29.0. The van der Waals surface area contributed by atoms with Gasteiger partial charge in [-0.15, -0.1) is 19.7 Å². The molecule has 6 nitrogen and oxygen atoms in total. The van der Waals surface area contributed by atoms with Crippen LogP contribution in [0.2, 0.25) is 0 Å². The van der Waals surface area contributed by atoms with E-state index >= 15 is 0 Å². The molecule has 0 aromatic rings. The second-order valence-corrected chi connectivity index (χ2v) is 5.15. The Morgan fingerprint density at radius 3 is 1.63 bits per heavy atom. The Morgan fingerprint density at radius 1 is 1.00 bits per heavy atom. The largest absolute Gasteiger partial charge is 0.462 e. The molecule has 1 aliphatic rings. The van der Waals surface area contributed by atoms with Gasteiger partial charge in [-0.05, 0) is 27.2 Å². The van der Waals surface area contributed by atoms with Crippen LogP contribution in [-0.2, 0) is 19.0 Å². The highest BCUT2D eigenvalue weighted by molar-refractivity contribution is 5.81. The molecule has 27 heavy (non-hydrogen) atoms. The van der Waals surface area contributed by atoms with Gasteiger partial charge < -0.3 is 24.4 Å². The van der Waals surface area contributed by atoms with E-state index in [1.54, 1.807) is 18.2 Å². The first-order valence-electron chi connectivity index (χ1n) is 8.76. The molecule has 1 fully saturated rings. The van der Waals surface area contributed by atoms with Gasteiger partial charge in [0.1, 0.15) is 13.4 Å². The monoisotopic (exact) mass is 388 g/mol. The zero-order valence-corrected chi connectivity index (χ0v) is 17.6. The van der Waals surface area contributed by atoms with Crippen LogP contribution in [0.4, 0.5) is 0 Å². The first-order chi connectivity index (χ1) is 12.9. The SMILES string of the molecule is C=CC.C=CC.C=CC.C=CC(=O)OCC1(CC)COCOC1.OCCO. The number of esters is 1. The van der Waals surface area contributed by atoms with Crippen molar-refractivity contribution in [3.63, 3.8) is 0 Å². The van der Waals surface area contributed by atoms with Crippen molar-refractivity contribution < 1.29 is 29.2 Å². The van der Waals surface area contributed by atoms with E-state index in [1.165, 1.54) is 0 Å². The molecule has 0 spiro atoms. The lowest BCUT2D eigenvalue weighted by Crippen LogP contribution is -2.41. The molecule has 6 heteroatoms. The van der Waals surface area contributed by atoms with Crippen molar-refractivity contribution in [2.24, 2.45) is 5.41 Å². The summed E-state index contributed by atoms with van der Waals surface area (Å²) >= 11 is 0.